The molecule has 0 radical (unpaired) electrons. The molecule has 13 heavy (non-hydrogen) atoms. The van der Waals surface area contributed by atoms with Crippen molar-refractivity contribution >= 4 is 0 Å². The molecule has 1 saturated heterocycles. The van der Waals surface area contributed by atoms with Gasteiger partial charge in [-0.05, 0) is 12.3 Å². The molecule has 1 aliphatic rings. The Kier molecular flexibility index (Phi) is 4.12. The largest absolute Gasteiger partial charge is 0.394 e. The molecule has 1 fully saturated rings. The van der Waals surface area contributed by atoms with E-state index in [2.05, 4.69) is 0 Å². The third kappa shape index (κ3) is 2.40. The highest BCUT2D eigenvalue weighted by Crippen LogP contribution is 2.27. The Morgan fingerprint density at radius 2 is 2.23 bits per heavy atom. The fourth-order valence-electron chi connectivity index (χ4n) is 1.78. The molecule has 78 valence electrons. The second-order valence-electron chi connectivity index (χ2n) is 3.43. The number of rotatable bonds is 3. The van der Waals surface area contributed by atoms with E-state index in [1.54, 1.807) is 0 Å². The zero-order valence-corrected chi connectivity index (χ0v) is 8.14. The maximum Gasteiger partial charge on any atom is 0.183 e. The van der Waals surface area contributed by atoms with Crippen molar-refractivity contribution in [2.45, 2.75) is 38.3 Å². The van der Waals surface area contributed by atoms with Crippen LogP contribution in [-0.2, 0) is 9.47 Å². The molecule has 0 saturated carbocycles. The van der Waals surface area contributed by atoms with Gasteiger partial charge in [-0.25, -0.2) is 0 Å². The molecule has 0 aromatic heterocycles. The standard InChI is InChI=1S/C9H18O4/c1-3-6-4-7(11)9(12-2)13-8(6)5-10/h6-11H,3-5H2,1-2H3. The van der Waals surface area contributed by atoms with E-state index in [4.69, 9.17) is 14.6 Å². The lowest BCUT2D eigenvalue weighted by molar-refractivity contribution is -0.251. The van der Waals surface area contributed by atoms with Gasteiger partial charge in [-0.3, -0.25) is 0 Å². The molecular weight excluding hydrogens is 172 g/mol. The van der Waals surface area contributed by atoms with Crippen molar-refractivity contribution in [1.29, 1.82) is 0 Å². The maximum atomic E-state index is 9.55. The highest BCUT2D eigenvalue weighted by Gasteiger charge is 2.35. The molecule has 4 unspecified atom stereocenters. The molecule has 0 spiro atoms. The van der Waals surface area contributed by atoms with Gasteiger partial charge in [0.25, 0.3) is 0 Å². The van der Waals surface area contributed by atoms with E-state index >= 15 is 0 Å². The van der Waals surface area contributed by atoms with E-state index in [1.807, 2.05) is 6.92 Å². The van der Waals surface area contributed by atoms with Crippen LogP contribution in [0.15, 0.2) is 0 Å². The topological polar surface area (TPSA) is 58.9 Å². The number of hydrogen-bond donors (Lipinski definition) is 2. The summed E-state index contributed by atoms with van der Waals surface area (Å²) in [6.07, 6.45) is 0.190. The average molecular weight is 190 g/mol. The van der Waals surface area contributed by atoms with Crippen LogP contribution in [0, 0.1) is 5.92 Å². The minimum Gasteiger partial charge on any atom is -0.394 e. The third-order valence-electron chi connectivity index (χ3n) is 2.63. The number of aliphatic hydroxyl groups excluding tert-OH is 2. The van der Waals surface area contributed by atoms with Crippen molar-refractivity contribution in [2.24, 2.45) is 5.92 Å². The Hall–Kier alpha value is -0.160. The van der Waals surface area contributed by atoms with Gasteiger partial charge in [0, 0.05) is 7.11 Å². The quantitative estimate of drug-likeness (QED) is 0.664. The molecule has 4 atom stereocenters. The number of ether oxygens (including phenoxy) is 2. The molecular formula is C9H18O4. The predicted molar refractivity (Wildman–Crippen MR) is 47.2 cm³/mol. The number of hydrogen-bond acceptors (Lipinski definition) is 4. The van der Waals surface area contributed by atoms with Gasteiger partial charge in [-0.2, -0.15) is 0 Å². The highest BCUT2D eigenvalue weighted by molar-refractivity contribution is 4.80. The second-order valence-corrected chi connectivity index (χ2v) is 3.43. The van der Waals surface area contributed by atoms with Crippen LogP contribution >= 0.6 is 0 Å². The predicted octanol–water partition coefficient (Wildman–Crippen LogP) is 0.127. The molecule has 1 heterocycles. The lowest BCUT2D eigenvalue weighted by atomic mass is 9.90. The van der Waals surface area contributed by atoms with Crippen molar-refractivity contribution in [3.63, 3.8) is 0 Å². The van der Waals surface area contributed by atoms with Crippen molar-refractivity contribution in [3.05, 3.63) is 0 Å². The van der Waals surface area contributed by atoms with Gasteiger partial charge in [0.05, 0.1) is 12.7 Å². The molecule has 0 bridgehead atoms. The molecule has 0 aliphatic carbocycles. The maximum absolute atomic E-state index is 9.55. The van der Waals surface area contributed by atoms with Gasteiger partial charge in [-0.1, -0.05) is 13.3 Å². The number of aliphatic hydroxyl groups is 2. The first-order valence-corrected chi connectivity index (χ1v) is 4.70. The first-order valence-electron chi connectivity index (χ1n) is 4.70. The van der Waals surface area contributed by atoms with Crippen molar-refractivity contribution in [2.75, 3.05) is 13.7 Å². The third-order valence-corrected chi connectivity index (χ3v) is 2.63. The zero-order valence-electron chi connectivity index (χ0n) is 8.14. The molecule has 4 heteroatoms. The Morgan fingerprint density at radius 3 is 2.69 bits per heavy atom. The van der Waals surface area contributed by atoms with Crippen LogP contribution in [0.2, 0.25) is 0 Å². The lowest BCUT2D eigenvalue weighted by Crippen LogP contribution is -2.46. The summed E-state index contributed by atoms with van der Waals surface area (Å²) in [5, 5.41) is 18.6. The zero-order chi connectivity index (χ0) is 9.84. The van der Waals surface area contributed by atoms with Gasteiger partial charge in [0.2, 0.25) is 0 Å². The van der Waals surface area contributed by atoms with E-state index in [9.17, 15) is 5.11 Å². The first-order chi connectivity index (χ1) is 6.22. The van der Waals surface area contributed by atoms with Crippen molar-refractivity contribution < 1.29 is 19.7 Å². The fraction of sp³-hybridized carbons (Fsp3) is 1.00. The number of methoxy groups -OCH3 is 1. The Balaban J connectivity index is 2.54. The fourth-order valence-corrected chi connectivity index (χ4v) is 1.78. The smallest absolute Gasteiger partial charge is 0.183 e. The summed E-state index contributed by atoms with van der Waals surface area (Å²) in [4.78, 5) is 0. The van der Waals surface area contributed by atoms with Crippen LogP contribution in [0.5, 0.6) is 0 Å². The summed E-state index contributed by atoms with van der Waals surface area (Å²) in [7, 11) is 1.49. The van der Waals surface area contributed by atoms with Crippen LogP contribution in [-0.4, -0.2) is 42.4 Å². The molecule has 1 rings (SSSR count). The van der Waals surface area contributed by atoms with Gasteiger partial charge in [0.1, 0.15) is 6.10 Å². The molecule has 1 aliphatic heterocycles. The lowest BCUT2D eigenvalue weighted by Gasteiger charge is -2.37. The van der Waals surface area contributed by atoms with Gasteiger partial charge < -0.3 is 19.7 Å². The van der Waals surface area contributed by atoms with E-state index < -0.39 is 12.4 Å². The summed E-state index contributed by atoms with van der Waals surface area (Å²) in [5.74, 6) is 0.228. The Bertz CT molecular complexity index is 151. The van der Waals surface area contributed by atoms with Crippen LogP contribution < -0.4 is 0 Å². The second kappa shape index (κ2) is 4.91. The van der Waals surface area contributed by atoms with Gasteiger partial charge in [-0.15, -0.1) is 0 Å². The molecule has 2 N–H and O–H groups in total. The van der Waals surface area contributed by atoms with Crippen LogP contribution in [0.1, 0.15) is 19.8 Å². The summed E-state index contributed by atoms with van der Waals surface area (Å²) in [6, 6.07) is 0. The summed E-state index contributed by atoms with van der Waals surface area (Å²) >= 11 is 0. The summed E-state index contributed by atoms with van der Waals surface area (Å²) < 4.78 is 10.3. The SMILES string of the molecule is CCC1CC(O)C(OC)OC1CO. The summed E-state index contributed by atoms with van der Waals surface area (Å²) in [6.45, 7) is 2.02. The monoisotopic (exact) mass is 190 g/mol. The summed E-state index contributed by atoms with van der Waals surface area (Å²) in [5.41, 5.74) is 0. The Morgan fingerprint density at radius 1 is 1.54 bits per heavy atom. The van der Waals surface area contributed by atoms with Gasteiger partial charge in [0.15, 0.2) is 6.29 Å². The minimum absolute atomic E-state index is 0.00884. The van der Waals surface area contributed by atoms with Crippen LogP contribution in [0.4, 0.5) is 0 Å². The van der Waals surface area contributed by atoms with Gasteiger partial charge >= 0.3 is 0 Å². The average Bonchev–Trinajstić information content (AvgIpc) is 2.17. The van der Waals surface area contributed by atoms with E-state index in [-0.39, 0.29) is 18.6 Å². The molecule has 4 nitrogen and oxygen atoms in total. The van der Waals surface area contributed by atoms with E-state index in [1.165, 1.54) is 7.11 Å². The van der Waals surface area contributed by atoms with Crippen LogP contribution in [0.25, 0.3) is 0 Å². The minimum atomic E-state index is -0.583. The van der Waals surface area contributed by atoms with Crippen molar-refractivity contribution in [1.82, 2.24) is 0 Å². The first kappa shape index (κ1) is 10.9. The normalized spacial score (nSPS) is 40.6. The molecule has 0 aromatic rings. The molecule has 0 aromatic carbocycles. The van der Waals surface area contributed by atoms with E-state index in [0.717, 1.165) is 6.42 Å². The van der Waals surface area contributed by atoms with Crippen LogP contribution in [0.3, 0.4) is 0 Å². The highest BCUT2D eigenvalue weighted by atomic mass is 16.7. The van der Waals surface area contributed by atoms with E-state index in [0.29, 0.717) is 6.42 Å². The molecule has 0 amide bonds. The van der Waals surface area contributed by atoms with Crippen molar-refractivity contribution in [3.8, 4) is 0 Å². The Labute approximate surface area is 78.5 Å².